The second-order valence-electron chi connectivity index (χ2n) is 5.12. The quantitative estimate of drug-likeness (QED) is 0.827. The molecular formula is C14H20ClN3. The Morgan fingerprint density at radius 2 is 2.11 bits per heavy atom. The molecule has 0 aliphatic rings. The molecule has 0 unspecified atom stereocenters. The molecule has 0 saturated carbocycles. The van der Waals surface area contributed by atoms with Gasteiger partial charge < -0.3 is 10.3 Å². The third kappa shape index (κ3) is 2.78. The zero-order chi connectivity index (χ0) is 13.1. The van der Waals surface area contributed by atoms with Crippen LogP contribution in [0.1, 0.15) is 33.1 Å². The summed E-state index contributed by atoms with van der Waals surface area (Å²) in [7, 11) is 0. The molecule has 2 N–H and O–H groups in total. The molecule has 0 aliphatic carbocycles. The number of halogens is 1. The minimum atomic E-state index is 0.558. The van der Waals surface area contributed by atoms with Crippen LogP contribution in [0.2, 0.25) is 5.02 Å². The van der Waals surface area contributed by atoms with Crippen LogP contribution in [0.4, 0.5) is 5.95 Å². The van der Waals surface area contributed by atoms with Gasteiger partial charge >= 0.3 is 0 Å². The van der Waals surface area contributed by atoms with E-state index in [1.807, 2.05) is 18.2 Å². The van der Waals surface area contributed by atoms with Crippen LogP contribution < -0.4 is 5.73 Å². The molecule has 0 amide bonds. The normalized spacial score (nSPS) is 11.6. The smallest absolute Gasteiger partial charge is 0.201 e. The molecule has 3 nitrogen and oxygen atoms in total. The predicted molar refractivity (Wildman–Crippen MR) is 77.8 cm³/mol. The van der Waals surface area contributed by atoms with E-state index in [1.54, 1.807) is 0 Å². The zero-order valence-corrected chi connectivity index (χ0v) is 11.7. The molecule has 2 aromatic rings. The number of aromatic nitrogens is 2. The highest BCUT2D eigenvalue weighted by molar-refractivity contribution is 6.35. The van der Waals surface area contributed by atoms with Crippen molar-refractivity contribution in [2.75, 3.05) is 5.73 Å². The number of para-hydroxylation sites is 1. The summed E-state index contributed by atoms with van der Waals surface area (Å²) in [6.45, 7) is 5.41. The summed E-state index contributed by atoms with van der Waals surface area (Å²) < 4.78 is 2.06. The summed E-state index contributed by atoms with van der Waals surface area (Å²) >= 11 is 6.11. The van der Waals surface area contributed by atoms with Crippen molar-refractivity contribution in [3.05, 3.63) is 23.2 Å². The van der Waals surface area contributed by atoms with Gasteiger partial charge in [-0.05, 0) is 24.5 Å². The fourth-order valence-corrected chi connectivity index (χ4v) is 2.40. The van der Waals surface area contributed by atoms with Gasteiger partial charge in [0, 0.05) is 6.54 Å². The summed E-state index contributed by atoms with van der Waals surface area (Å²) in [5.41, 5.74) is 7.80. The Morgan fingerprint density at radius 3 is 2.83 bits per heavy atom. The molecule has 2 rings (SSSR count). The highest BCUT2D eigenvalue weighted by Crippen LogP contribution is 2.25. The lowest BCUT2D eigenvalue weighted by Gasteiger charge is -2.07. The number of nitrogens with zero attached hydrogens (tertiary/aromatic N) is 2. The Bertz CT molecular complexity index is 531. The monoisotopic (exact) mass is 265 g/mol. The lowest BCUT2D eigenvalue weighted by atomic mass is 10.1. The molecule has 18 heavy (non-hydrogen) atoms. The van der Waals surface area contributed by atoms with Crippen molar-refractivity contribution in [3.63, 3.8) is 0 Å². The minimum absolute atomic E-state index is 0.558. The number of imidazole rings is 1. The van der Waals surface area contributed by atoms with Crippen LogP contribution in [0.25, 0.3) is 11.0 Å². The molecule has 4 heteroatoms. The summed E-state index contributed by atoms with van der Waals surface area (Å²) in [5, 5.41) is 0.667. The van der Waals surface area contributed by atoms with Crippen molar-refractivity contribution in [2.24, 2.45) is 5.92 Å². The fraction of sp³-hybridized carbons (Fsp3) is 0.500. The van der Waals surface area contributed by atoms with Gasteiger partial charge in [-0.15, -0.1) is 0 Å². The van der Waals surface area contributed by atoms with Crippen LogP contribution in [-0.2, 0) is 6.54 Å². The lowest BCUT2D eigenvalue weighted by molar-refractivity contribution is 0.514. The third-order valence-corrected chi connectivity index (χ3v) is 3.48. The van der Waals surface area contributed by atoms with E-state index >= 15 is 0 Å². The number of fused-ring (bicyclic) bond motifs is 1. The predicted octanol–water partition coefficient (Wildman–Crippen LogP) is 4.10. The number of nitrogen functional groups attached to an aromatic ring is 1. The van der Waals surface area contributed by atoms with Crippen molar-refractivity contribution in [1.29, 1.82) is 0 Å². The molecule has 0 radical (unpaired) electrons. The van der Waals surface area contributed by atoms with Gasteiger partial charge in [-0.25, -0.2) is 4.98 Å². The Morgan fingerprint density at radius 1 is 1.33 bits per heavy atom. The molecule has 1 aromatic heterocycles. The van der Waals surface area contributed by atoms with E-state index < -0.39 is 0 Å². The molecule has 0 spiro atoms. The summed E-state index contributed by atoms with van der Waals surface area (Å²) in [6.07, 6.45) is 3.60. The van der Waals surface area contributed by atoms with Gasteiger partial charge in [-0.2, -0.15) is 0 Å². The van der Waals surface area contributed by atoms with E-state index in [-0.39, 0.29) is 0 Å². The van der Waals surface area contributed by atoms with Crippen LogP contribution >= 0.6 is 11.6 Å². The van der Waals surface area contributed by atoms with Crippen LogP contribution in [0.5, 0.6) is 0 Å². The van der Waals surface area contributed by atoms with Crippen molar-refractivity contribution in [1.82, 2.24) is 9.55 Å². The fourth-order valence-electron chi connectivity index (χ4n) is 2.19. The molecule has 1 aromatic carbocycles. The van der Waals surface area contributed by atoms with Gasteiger partial charge in [0.1, 0.15) is 5.52 Å². The lowest BCUT2D eigenvalue weighted by Crippen LogP contribution is -2.03. The Hall–Kier alpha value is -1.22. The Balaban J connectivity index is 2.13. The molecule has 0 atom stereocenters. The number of aryl methyl sites for hydroxylation is 1. The van der Waals surface area contributed by atoms with E-state index in [4.69, 9.17) is 17.3 Å². The minimum Gasteiger partial charge on any atom is -0.369 e. The Labute approximate surface area is 113 Å². The van der Waals surface area contributed by atoms with Gasteiger partial charge in [0.2, 0.25) is 5.95 Å². The molecule has 0 aliphatic heterocycles. The topological polar surface area (TPSA) is 43.8 Å². The van der Waals surface area contributed by atoms with E-state index in [1.165, 1.54) is 12.8 Å². The molecule has 0 saturated heterocycles. The number of hydrogen-bond donors (Lipinski definition) is 1. The second-order valence-corrected chi connectivity index (χ2v) is 5.53. The van der Waals surface area contributed by atoms with Crippen molar-refractivity contribution in [2.45, 2.75) is 39.7 Å². The number of unbranched alkanes of at least 4 members (excludes halogenated alkanes) is 1. The largest absolute Gasteiger partial charge is 0.369 e. The maximum absolute atomic E-state index is 6.11. The van der Waals surface area contributed by atoms with Crippen LogP contribution in [0.15, 0.2) is 18.2 Å². The average Bonchev–Trinajstić information content (AvgIpc) is 2.63. The van der Waals surface area contributed by atoms with Crippen LogP contribution in [0.3, 0.4) is 0 Å². The molecule has 98 valence electrons. The first-order valence-corrected chi connectivity index (χ1v) is 6.87. The first-order valence-electron chi connectivity index (χ1n) is 6.50. The van der Waals surface area contributed by atoms with Crippen molar-refractivity contribution < 1.29 is 0 Å². The van der Waals surface area contributed by atoms with Crippen molar-refractivity contribution in [3.8, 4) is 0 Å². The summed E-state index contributed by atoms with van der Waals surface area (Å²) in [4.78, 5) is 4.34. The number of hydrogen-bond acceptors (Lipinski definition) is 2. The maximum Gasteiger partial charge on any atom is 0.201 e. The van der Waals surface area contributed by atoms with E-state index in [0.717, 1.165) is 29.9 Å². The van der Waals surface area contributed by atoms with Gasteiger partial charge in [-0.3, -0.25) is 0 Å². The summed E-state index contributed by atoms with van der Waals surface area (Å²) in [5.74, 6) is 1.32. The second kappa shape index (κ2) is 5.61. The maximum atomic E-state index is 6.11. The van der Waals surface area contributed by atoms with Gasteiger partial charge in [0.15, 0.2) is 0 Å². The third-order valence-electron chi connectivity index (χ3n) is 3.17. The standard InChI is InChI=1S/C14H20ClN3/c1-10(2)6-3-4-9-18-12-8-5-7-11(15)13(12)17-14(18)16/h5,7-8,10H,3-4,6,9H2,1-2H3,(H2,16,17). The highest BCUT2D eigenvalue weighted by atomic mass is 35.5. The zero-order valence-electron chi connectivity index (χ0n) is 11.0. The Kier molecular flexibility index (Phi) is 4.12. The number of benzene rings is 1. The number of nitrogens with two attached hydrogens (primary N) is 1. The van der Waals surface area contributed by atoms with Gasteiger partial charge in [0.25, 0.3) is 0 Å². The first-order chi connectivity index (χ1) is 8.59. The highest BCUT2D eigenvalue weighted by Gasteiger charge is 2.09. The molecule has 0 bridgehead atoms. The van der Waals surface area contributed by atoms with E-state index in [2.05, 4.69) is 23.4 Å². The number of rotatable bonds is 5. The van der Waals surface area contributed by atoms with Gasteiger partial charge in [0.05, 0.1) is 10.5 Å². The van der Waals surface area contributed by atoms with Crippen LogP contribution in [-0.4, -0.2) is 9.55 Å². The molecule has 0 fully saturated rings. The average molecular weight is 266 g/mol. The van der Waals surface area contributed by atoms with Gasteiger partial charge in [-0.1, -0.05) is 44.4 Å². The molecule has 1 heterocycles. The SMILES string of the molecule is CC(C)CCCCn1c(N)nc2c(Cl)cccc21. The number of anilines is 1. The first kappa shape index (κ1) is 13.2. The molecular weight excluding hydrogens is 246 g/mol. The van der Waals surface area contributed by atoms with Crippen LogP contribution in [0, 0.1) is 5.92 Å². The van der Waals surface area contributed by atoms with E-state index in [9.17, 15) is 0 Å². The van der Waals surface area contributed by atoms with Crippen molar-refractivity contribution >= 4 is 28.6 Å². The van der Waals surface area contributed by atoms with E-state index in [0.29, 0.717) is 11.0 Å². The summed E-state index contributed by atoms with van der Waals surface area (Å²) in [6, 6.07) is 5.81.